The molecular weight excluding hydrogens is 188 g/mol. The standard InChI is InChI=1S/C11H12N4/c1-8-2-4-9(5-3-8)15-11-6-10(12)13-7-14-11/h2-7H,1H3,(H3,12,13,14,15). The Kier molecular flexibility index (Phi) is 2.49. The normalized spacial score (nSPS) is 9.93. The quantitative estimate of drug-likeness (QED) is 0.779. The lowest BCUT2D eigenvalue weighted by atomic mass is 10.2. The van der Waals surface area contributed by atoms with Crippen LogP contribution in [-0.4, -0.2) is 9.97 Å². The monoisotopic (exact) mass is 200 g/mol. The number of benzene rings is 1. The van der Waals surface area contributed by atoms with E-state index in [2.05, 4.69) is 15.3 Å². The van der Waals surface area contributed by atoms with E-state index < -0.39 is 0 Å². The molecule has 4 nitrogen and oxygen atoms in total. The lowest BCUT2D eigenvalue weighted by Crippen LogP contribution is -1.97. The number of anilines is 3. The molecule has 0 amide bonds. The molecular formula is C11H12N4. The number of hydrogen-bond donors (Lipinski definition) is 2. The fourth-order valence-electron chi connectivity index (χ4n) is 1.23. The number of aromatic nitrogens is 2. The largest absolute Gasteiger partial charge is 0.384 e. The highest BCUT2D eigenvalue weighted by Crippen LogP contribution is 2.15. The van der Waals surface area contributed by atoms with Crippen LogP contribution in [0.15, 0.2) is 36.7 Å². The maximum atomic E-state index is 5.55. The molecule has 0 atom stereocenters. The lowest BCUT2D eigenvalue weighted by Gasteiger charge is -2.05. The van der Waals surface area contributed by atoms with Crippen LogP contribution in [0.1, 0.15) is 5.56 Å². The van der Waals surface area contributed by atoms with E-state index in [0.717, 1.165) is 5.69 Å². The summed E-state index contributed by atoms with van der Waals surface area (Å²) >= 11 is 0. The second kappa shape index (κ2) is 3.96. The minimum atomic E-state index is 0.458. The highest BCUT2D eigenvalue weighted by Gasteiger charge is 1.96. The van der Waals surface area contributed by atoms with Crippen molar-refractivity contribution in [2.24, 2.45) is 0 Å². The molecule has 0 aliphatic carbocycles. The van der Waals surface area contributed by atoms with Crippen molar-refractivity contribution in [1.29, 1.82) is 0 Å². The van der Waals surface area contributed by atoms with Crippen LogP contribution >= 0.6 is 0 Å². The smallest absolute Gasteiger partial charge is 0.135 e. The molecule has 1 aromatic heterocycles. The summed E-state index contributed by atoms with van der Waals surface area (Å²) in [6, 6.07) is 9.75. The van der Waals surface area contributed by atoms with Gasteiger partial charge >= 0.3 is 0 Å². The van der Waals surface area contributed by atoms with Gasteiger partial charge in [-0.1, -0.05) is 17.7 Å². The van der Waals surface area contributed by atoms with E-state index in [4.69, 9.17) is 5.73 Å². The fourth-order valence-corrected chi connectivity index (χ4v) is 1.23. The second-order valence-electron chi connectivity index (χ2n) is 3.32. The first-order valence-corrected chi connectivity index (χ1v) is 4.65. The van der Waals surface area contributed by atoms with E-state index in [-0.39, 0.29) is 0 Å². The van der Waals surface area contributed by atoms with E-state index in [1.807, 2.05) is 31.2 Å². The molecule has 0 unspecified atom stereocenters. The molecule has 0 aliphatic rings. The average Bonchev–Trinajstić information content (AvgIpc) is 2.22. The van der Waals surface area contributed by atoms with Crippen molar-refractivity contribution in [2.45, 2.75) is 6.92 Å². The van der Waals surface area contributed by atoms with Gasteiger partial charge in [0.15, 0.2) is 0 Å². The first-order chi connectivity index (χ1) is 7.24. The van der Waals surface area contributed by atoms with Gasteiger partial charge in [0.05, 0.1) is 0 Å². The molecule has 3 N–H and O–H groups in total. The molecule has 0 aliphatic heterocycles. The number of nitrogens with one attached hydrogen (secondary N) is 1. The van der Waals surface area contributed by atoms with Gasteiger partial charge in [-0.3, -0.25) is 0 Å². The highest BCUT2D eigenvalue weighted by molar-refractivity contribution is 5.58. The molecule has 4 heteroatoms. The number of nitrogens with zero attached hydrogens (tertiary/aromatic N) is 2. The molecule has 0 bridgehead atoms. The Balaban J connectivity index is 2.18. The average molecular weight is 200 g/mol. The molecule has 15 heavy (non-hydrogen) atoms. The van der Waals surface area contributed by atoms with Gasteiger partial charge in [0.1, 0.15) is 18.0 Å². The van der Waals surface area contributed by atoms with Crippen molar-refractivity contribution < 1.29 is 0 Å². The summed E-state index contributed by atoms with van der Waals surface area (Å²) in [5.41, 5.74) is 7.75. The van der Waals surface area contributed by atoms with Crippen molar-refractivity contribution in [1.82, 2.24) is 9.97 Å². The van der Waals surface area contributed by atoms with Gasteiger partial charge < -0.3 is 11.1 Å². The highest BCUT2D eigenvalue weighted by atomic mass is 15.0. The predicted molar refractivity (Wildman–Crippen MR) is 60.9 cm³/mol. The summed E-state index contributed by atoms with van der Waals surface area (Å²) in [7, 11) is 0. The number of rotatable bonds is 2. The van der Waals surface area contributed by atoms with Crippen LogP contribution in [0.3, 0.4) is 0 Å². The first-order valence-electron chi connectivity index (χ1n) is 4.65. The molecule has 1 aromatic carbocycles. The van der Waals surface area contributed by atoms with Crippen LogP contribution in [0.25, 0.3) is 0 Å². The Hall–Kier alpha value is -2.10. The molecule has 0 spiro atoms. The first kappa shape index (κ1) is 9.45. The van der Waals surface area contributed by atoms with Crippen LogP contribution < -0.4 is 11.1 Å². The third-order valence-electron chi connectivity index (χ3n) is 2.01. The van der Waals surface area contributed by atoms with Crippen LogP contribution in [0.4, 0.5) is 17.3 Å². The molecule has 1 heterocycles. The van der Waals surface area contributed by atoms with Crippen LogP contribution in [0.5, 0.6) is 0 Å². The number of hydrogen-bond acceptors (Lipinski definition) is 4. The van der Waals surface area contributed by atoms with E-state index in [0.29, 0.717) is 11.6 Å². The maximum Gasteiger partial charge on any atom is 0.135 e. The van der Waals surface area contributed by atoms with E-state index >= 15 is 0 Å². The Morgan fingerprint density at radius 1 is 1.13 bits per heavy atom. The summed E-state index contributed by atoms with van der Waals surface area (Å²) in [6.07, 6.45) is 1.44. The summed E-state index contributed by atoms with van der Waals surface area (Å²) in [5.74, 6) is 1.16. The Morgan fingerprint density at radius 2 is 1.87 bits per heavy atom. The molecule has 2 aromatic rings. The summed E-state index contributed by atoms with van der Waals surface area (Å²) in [5, 5.41) is 3.14. The fraction of sp³-hybridized carbons (Fsp3) is 0.0909. The number of nitrogen functional groups attached to an aromatic ring is 1. The van der Waals surface area contributed by atoms with Crippen LogP contribution in [0, 0.1) is 6.92 Å². The molecule has 76 valence electrons. The topological polar surface area (TPSA) is 63.8 Å². The van der Waals surface area contributed by atoms with Crippen molar-refractivity contribution in [3.8, 4) is 0 Å². The van der Waals surface area contributed by atoms with E-state index in [9.17, 15) is 0 Å². The van der Waals surface area contributed by atoms with Gasteiger partial charge in [-0.2, -0.15) is 0 Å². The lowest BCUT2D eigenvalue weighted by molar-refractivity contribution is 1.18. The molecule has 0 saturated heterocycles. The van der Waals surface area contributed by atoms with Gasteiger partial charge in [-0.05, 0) is 19.1 Å². The molecule has 0 fully saturated rings. The van der Waals surface area contributed by atoms with Gasteiger partial charge in [0.2, 0.25) is 0 Å². The van der Waals surface area contributed by atoms with Crippen molar-refractivity contribution >= 4 is 17.3 Å². The zero-order valence-electron chi connectivity index (χ0n) is 8.44. The predicted octanol–water partition coefficient (Wildman–Crippen LogP) is 2.11. The third kappa shape index (κ3) is 2.43. The molecule has 0 saturated carbocycles. The Morgan fingerprint density at radius 3 is 2.53 bits per heavy atom. The van der Waals surface area contributed by atoms with Crippen molar-refractivity contribution in [3.63, 3.8) is 0 Å². The van der Waals surface area contributed by atoms with Crippen molar-refractivity contribution in [3.05, 3.63) is 42.2 Å². The van der Waals surface area contributed by atoms with Gasteiger partial charge in [0, 0.05) is 11.8 Å². The van der Waals surface area contributed by atoms with Gasteiger partial charge in [0.25, 0.3) is 0 Å². The summed E-state index contributed by atoms with van der Waals surface area (Å²) in [4.78, 5) is 7.88. The minimum Gasteiger partial charge on any atom is -0.384 e. The Labute approximate surface area is 88.2 Å². The Bertz CT molecular complexity index is 450. The number of nitrogens with two attached hydrogens (primary N) is 1. The summed E-state index contributed by atoms with van der Waals surface area (Å²) in [6.45, 7) is 2.05. The SMILES string of the molecule is Cc1ccc(Nc2cc(N)ncn2)cc1. The van der Waals surface area contributed by atoms with E-state index in [1.54, 1.807) is 6.07 Å². The summed E-state index contributed by atoms with van der Waals surface area (Å²) < 4.78 is 0. The van der Waals surface area contributed by atoms with Crippen molar-refractivity contribution in [2.75, 3.05) is 11.1 Å². The zero-order chi connectivity index (χ0) is 10.7. The van der Waals surface area contributed by atoms with Crippen LogP contribution in [-0.2, 0) is 0 Å². The molecule has 0 radical (unpaired) electrons. The maximum absolute atomic E-state index is 5.55. The second-order valence-corrected chi connectivity index (χ2v) is 3.32. The minimum absolute atomic E-state index is 0.458. The zero-order valence-corrected chi connectivity index (χ0v) is 8.44. The number of aryl methyl sites for hydroxylation is 1. The van der Waals surface area contributed by atoms with Gasteiger partial charge in [-0.25, -0.2) is 9.97 Å². The third-order valence-corrected chi connectivity index (χ3v) is 2.01. The van der Waals surface area contributed by atoms with E-state index in [1.165, 1.54) is 11.9 Å². The van der Waals surface area contributed by atoms with Gasteiger partial charge in [-0.15, -0.1) is 0 Å². The van der Waals surface area contributed by atoms with Crippen LogP contribution in [0.2, 0.25) is 0 Å². The molecule has 2 rings (SSSR count).